The molecular weight excluding hydrogens is 335 g/mol. The molecule has 1 unspecified atom stereocenters. The molecule has 0 saturated carbocycles. The fourth-order valence-corrected chi connectivity index (χ4v) is 2.92. The van der Waals surface area contributed by atoms with Crippen molar-refractivity contribution in [2.75, 3.05) is 11.9 Å². The molecule has 1 heterocycles. The minimum atomic E-state index is -0.769. The quantitative estimate of drug-likeness (QED) is 0.793. The average molecular weight is 351 g/mol. The number of halogens is 2. The Morgan fingerprint density at radius 3 is 2.78 bits per heavy atom. The van der Waals surface area contributed by atoms with Gasteiger partial charge < -0.3 is 15.7 Å². The summed E-state index contributed by atoms with van der Waals surface area (Å²) in [6.07, 6.45) is -0.175. The van der Waals surface area contributed by atoms with Gasteiger partial charge in [0.2, 0.25) is 5.91 Å². The molecule has 1 aliphatic heterocycles. The lowest BCUT2D eigenvalue weighted by Crippen LogP contribution is -2.46. The van der Waals surface area contributed by atoms with Gasteiger partial charge in [0.15, 0.2) is 0 Å². The fourth-order valence-electron chi connectivity index (χ4n) is 2.61. The highest BCUT2D eigenvalue weighted by Crippen LogP contribution is 2.26. The molecule has 3 rings (SSSR count). The molecule has 2 aromatic carbocycles. The molecule has 0 aliphatic carbocycles. The topological polar surface area (TPSA) is 61.4 Å². The largest absolute Gasteiger partial charge is 0.387 e. The molecule has 0 fully saturated rings. The van der Waals surface area contributed by atoms with Gasteiger partial charge >= 0.3 is 0 Å². The highest BCUT2D eigenvalue weighted by atomic mass is 35.5. The monoisotopic (exact) mass is 350 g/mol. The van der Waals surface area contributed by atoms with Crippen molar-refractivity contribution in [3.8, 4) is 0 Å². The van der Waals surface area contributed by atoms with Crippen LogP contribution in [0.2, 0.25) is 10.0 Å². The molecule has 120 valence electrons. The number of aliphatic hydroxyl groups is 1. The molecule has 0 aromatic heterocycles. The molecule has 4 nitrogen and oxygen atoms in total. The Kier molecular flexibility index (Phi) is 4.87. The number of anilines is 1. The van der Waals surface area contributed by atoms with Gasteiger partial charge in [-0.25, -0.2) is 0 Å². The third kappa shape index (κ3) is 3.67. The van der Waals surface area contributed by atoms with Crippen LogP contribution in [-0.2, 0) is 11.2 Å². The van der Waals surface area contributed by atoms with Gasteiger partial charge in [0.1, 0.15) is 0 Å². The van der Waals surface area contributed by atoms with Crippen LogP contribution in [0.3, 0.4) is 0 Å². The van der Waals surface area contributed by atoms with Crippen molar-refractivity contribution in [1.82, 2.24) is 5.32 Å². The summed E-state index contributed by atoms with van der Waals surface area (Å²) in [6, 6.07) is 12.3. The van der Waals surface area contributed by atoms with Gasteiger partial charge in [0.05, 0.1) is 22.2 Å². The summed E-state index contributed by atoms with van der Waals surface area (Å²) in [5.74, 6) is -0.0926. The molecule has 3 N–H and O–H groups in total. The maximum Gasteiger partial charge on any atom is 0.241 e. The number of hydrogen-bond acceptors (Lipinski definition) is 3. The van der Waals surface area contributed by atoms with Crippen molar-refractivity contribution in [2.24, 2.45) is 0 Å². The van der Waals surface area contributed by atoms with E-state index >= 15 is 0 Å². The summed E-state index contributed by atoms with van der Waals surface area (Å²) in [7, 11) is 0. The van der Waals surface area contributed by atoms with Crippen molar-refractivity contribution in [3.05, 3.63) is 63.6 Å². The van der Waals surface area contributed by atoms with Gasteiger partial charge in [0, 0.05) is 12.2 Å². The van der Waals surface area contributed by atoms with E-state index in [0.29, 0.717) is 22.0 Å². The highest BCUT2D eigenvalue weighted by Gasteiger charge is 2.26. The van der Waals surface area contributed by atoms with E-state index in [1.54, 1.807) is 18.2 Å². The second kappa shape index (κ2) is 6.89. The Labute approximate surface area is 144 Å². The minimum Gasteiger partial charge on any atom is -0.387 e. The SMILES string of the molecule is O=C1Nc2ccccc2CC1NC[C@@H](O)c1ccc(Cl)c(Cl)c1. The number of carbonyl (C=O) groups excluding carboxylic acids is 1. The predicted molar refractivity (Wildman–Crippen MR) is 92.0 cm³/mol. The molecule has 0 spiro atoms. The first-order valence-corrected chi connectivity index (χ1v) is 8.05. The Balaban J connectivity index is 1.64. The van der Waals surface area contributed by atoms with E-state index in [1.165, 1.54) is 0 Å². The van der Waals surface area contributed by atoms with Crippen LogP contribution in [0.4, 0.5) is 5.69 Å². The lowest BCUT2D eigenvalue weighted by atomic mass is 9.98. The van der Waals surface area contributed by atoms with E-state index in [-0.39, 0.29) is 18.5 Å². The summed E-state index contributed by atoms with van der Waals surface area (Å²) in [4.78, 5) is 12.1. The third-order valence-electron chi connectivity index (χ3n) is 3.90. The van der Waals surface area contributed by atoms with Crippen LogP contribution in [0, 0.1) is 0 Å². The standard InChI is InChI=1S/C17H16Cl2N2O2/c18-12-6-5-11(7-13(12)19)16(22)9-20-15-8-10-3-1-2-4-14(10)21-17(15)23/h1-7,15-16,20,22H,8-9H2,(H,21,23)/t15?,16-/m1/s1. The minimum absolute atomic E-state index is 0.0926. The maximum atomic E-state index is 12.1. The summed E-state index contributed by atoms with van der Waals surface area (Å²) in [5, 5.41) is 17.1. The number of para-hydroxylation sites is 1. The van der Waals surface area contributed by atoms with Crippen LogP contribution in [0.15, 0.2) is 42.5 Å². The van der Waals surface area contributed by atoms with E-state index in [4.69, 9.17) is 23.2 Å². The Bertz CT molecular complexity index is 736. The van der Waals surface area contributed by atoms with Crippen LogP contribution in [0.25, 0.3) is 0 Å². The Hall–Kier alpha value is -1.59. The number of carbonyl (C=O) groups is 1. The van der Waals surface area contributed by atoms with Crippen molar-refractivity contribution in [1.29, 1.82) is 0 Å². The zero-order chi connectivity index (χ0) is 16.4. The van der Waals surface area contributed by atoms with Crippen LogP contribution < -0.4 is 10.6 Å². The van der Waals surface area contributed by atoms with Gasteiger partial charge in [-0.15, -0.1) is 0 Å². The van der Waals surface area contributed by atoms with Gasteiger partial charge in [-0.2, -0.15) is 0 Å². The fraction of sp³-hybridized carbons (Fsp3) is 0.235. The molecule has 6 heteroatoms. The number of hydrogen-bond donors (Lipinski definition) is 3. The van der Waals surface area contributed by atoms with Gasteiger partial charge in [0.25, 0.3) is 0 Å². The highest BCUT2D eigenvalue weighted by molar-refractivity contribution is 6.42. The zero-order valence-corrected chi connectivity index (χ0v) is 13.7. The maximum absolute atomic E-state index is 12.1. The van der Waals surface area contributed by atoms with E-state index in [2.05, 4.69) is 10.6 Å². The van der Waals surface area contributed by atoms with Crippen molar-refractivity contribution in [3.63, 3.8) is 0 Å². The van der Waals surface area contributed by atoms with E-state index < -0.39 is 6.10 Å². The lowest BCUT2D eigenvalue weighted by molar-refractivity contribution is -0.118. The number of aliphatic hydroxyl groups excluding tert-OH is 1. The second-order valence-corrected chi connectivity index (χ2v) is 6.32. The number of fused-ring (bicyclic) bond motifs is 1. The summed E-state index contributed by atoms with van der Waals surface area (Å²) in [5.41, 5.74) is 2.58. The van der Waals surface area contributed by atoms with Crippen LogP contribution in [0.1, 0.15) is 17.2 Å². The molecule has 0 bridgehead atoms. The zero-order valence-electron chi connectivity index (χ0n) is 12.2. The Morgan fingerprint density at radius 2 is 2.00 bits per heavy atom. The Morgan fingerprint density at radius 1 is 1.22 bits per heavy atom. The molecule has 0 radical (unpaired) electrons. The van der Waals surface area contributed by atoms with Crippen molar-refractivity contribution < 1.29 is 9.90 Å². The van der Waals surface area contributed by atoms with Crippen LogP contribution >= 0.6 is 23.2 Å². The first-order chi connectivity index (χ1) is 11.0. The average Bonchev–Trinajstić information content (AvgIpc) is 2.55. The molecule has 1 aliphatic rings. The molecule has 2 aromatic rings. The smallest absolute Gasteiger partial charge is 0.241 e. The first-order valence-electron chi connectivity index (χ1n) is 7.30. The molecule has 23 heavy (non-hydrogen) atoms. The van der Waals surface area contributed by atoms with E-state index in [1.807, 2.05) is 24.3 Å². The number of benzene rings is 2. The van der Waals surface area contributed by atoms with Gasteiger partial charge in [-0.1, -0.05) is 47.5 Å². The first kappa shape index (κ1) is 16.3. The van der Waals surface area contributed by atoms with Gasteiger partial charge in [-0.05, 0) is 35.7 Å². The predicted octanol–water partition coefficient (Wildman–Crippen LogP) is 3.18. The summed E-state index contributed by atoms with van der Waals surface area (Å²) < 4.78 is 0. The van der Waals surface area contributed by atoms with E-state index in [0.717, 1.165) is 11.3 Å². The second-order valence-electron chi connectivity index (χ2n) is 5.50. The molecular formula is C17H16Cl2N2O2. The number of amides is 1. The van der Waals surface area contributed by atoms with Gasteiger partial charge in [-0.3, -0.25) is 4.79 Å². The summed E-state index contributed by atoms with van der Waals surface area (Å²) >= 11 is 11.8. The number of rotatable bonds is 4. The van der Waals surface area contributed by atoms with Crippen LogP contribution in [0.5, 0.6) is 0 Å². The number of nitrogens with one attached hydrogen (secondary N) is 2. The normalized spacial score (nSPS) is 18.2. The summed E-state index contributed by atoms with van der Waals surface area (Å²) in [6.45, 7) is 0.248. The third-order valence-corrected chi connectivity index (χ3v) is 4.64. The van der Waals surface area contributed by atoms with Crippen LogP contribution in [-0.4, -0.2) is 23.6 Å². The molecule has 1 amide bonds. The molecule has 2 atom stereocenters. The van der Waals surface area contributed by atoms with Crippen molar-refractivity contribution in [2.45, 2.75) is 18.6 Å². The van der Waals surface area contributed by atoms with E-state index in [9.17, 15) is 9.90 Å². The molecule has 0 saturated heterocycles. The lowest BCUT2D eigenvalue weighted by Gasteiger charge is -2.26. The van der Waals surface area contributed by atoms with Crippen molar-refractivity contribution >= 4 is 34.8 Å².